The predicted octanol–water partition coefficient (Wildman–Crippen LogP) is 3.30. The highest BCUT2D eigenvalue weighted by Crippen LogP contribution is 2.16. The van der Waals surface area contributed by atoms with Crippen molar-refractivity contribution in [3.8, 4) is 11.5 Å². The fraction of sp³-hybridized carbons (Fsp3) is 0.294. The molecule has 0 unspecified atom stereocenters. The fourth-order valence-electron chi connectivity index (χ4n) is 1.90. The summed E-state index contributed by atoms with van der Waals surface area (Å²) in [7, 11) is 1.62. The lowest BCUT2D eigenvalue weighted by Crippen LogP contribution is -2.05. The van der Waals surface area contributed by atoms with Crippen molar-refractivity contribution in [1.82, 2.24) is 4.98 Å². The van der Waals surface area contributed by atoms with Gasteiger partial charge in [-0.3, -0.25) is 9.78 Å². The average Bonchev–Trinajstić information content (AvgIpc) is 2.54. The number of ketones is 1. The van der Waals surface area contributed by atoms with Crippen LogP contribution in [0, 0.1) is 0 Å². The molecule has 0 amide bonds. The van der Waals surface area contributed by atoms with E-state index < -0.39 is 0 Å². The fourth-order valence-corrected chi connectivity index (χ4v) is 1.90. The van der Waals surface area contributed by atoms with Gasteiger partial charge in [0.2, 0.25) is 0 Å². The van der Waals surface area contributed by atoms with Crippen LogP contribution in [-0.2, 0) is 6.42 Å². The van der Waals surface area contributed by atoms with Gasteiger partial charge in [-0.1, -0.05) is 19.1 Å². The van der Waals surface area contributed by atoms with E-state index in [9.17, 15) is 4.79 Å². The molecule has 4 nitrogen and oxygen atoms in total. The highest BCUT2D eigenvalue weighted by atomic mass is 16.5. The zero-order valence-corrected chi connectivity index (χ0v) is 12.3. The van der Waals surface area contributed by atoms with E-state index in [4.69, 9.17) is 9.47 Å². The van der Waals surface area contributed by atoms with E-state index >= 15 is 0 Å². The van der Waals surface area contributed by atoms with Gasteiger partial charge in [0, 0.05) is 18.2 Å². The number of benzene rings is 1. The Morgan fingerprint density at radius 2 is 1.90 bits per heavy atom. The maximum absolute atomic E-state index is 12.3. The number of carbonyl (C=O) groups is 1. The van der Waals surface area contributed by atoms with Crippen LogP contribution in [0.25, 0.3) is 0 Å². The molecule has 0 fully saturated rings. The van der Waals surface area contributed by atoms with Crippen molar-refractivity contribution in [2.75, 3.05) is 13.7 Å². The minimum absolute atomic E-state index is 0.0228. The Morgan fingerprint density at radius 1 is 1.14 bits per heavy atom. The van der Waals surface area contributed by atoms with Gasteiger partial charge in [-0.05, 0) is 30.2 Å². The van der Waals surface area contributed by atoms with Crippen LogP contribution < -0.4 is 9.47 Å². The molecular formula is C17H19NO3. The molecule has 0 atom stereocenters. The first-order chi connectivity index (χ1) is 10.2. The van der Waals surface area contributed by atoms with Crippen LogP contribution in [0.4, 0.5) is 0 Å². The maximum atomic E-state index is 12.3. The Bertz CT molecular complexity index is 593. The van der Waals surface area contributed by atoms with Crippen LogP contribution in [-0.4, -0.2) is 24.5 Å². The number of pyridine rings is 1. The zero-order chi connectivity index (χ0) is 15.1. The van der Waals surface area contributed by atoms with Gasteiger partial charge in [0.15, 0.2) is 5.78 Å². The summed E-state index contributed by atoms with van der Waals surface area (Å²) >= 11 is 0. The first kappa shape index (κ1) is 15.0. The number of methoxy groups -OCH3 is 1. The summed E-state index contributed by atoms with van der Waals surface area (Å²) in [5, 5.41) is 0. The molecule has 0 aliphatic rings. The van der Waals surface area contributed by atoms with Gasteiger partial charge in [0.05, 0.1) is 19.9 Å². The Morgan fingerprint density at radius 3 is 2.57 bits per heavy atom. The molecule has 1 heterocycles. The summed E-state index contributed by atoms with van der Waals surface area (Å²) in [6.45, 7) is 2.66. The number of nitrogens with zero attached hydrogens (tertiary/aromatic N) is 1. The van der Waals surface area contributed by atoms with Crippen molar-refractivity contribution in [2.24, 2.45) is 0 Å². The second-order valence-electron chi connectivity index (χ2n) is 4.71. The highest BCUT2D eigenvalue weighted by Gasteiger charge is 2.09. The lowest BCUT2D eigenvalue weighted by atomic mass is 10.0. The molecule has 2 aromatic rings. The number of Topliss-reactive ketones (excluding diaryl/α,β-unsaturated/α-hetero) is 1. The third-order valence-corrected chi connectivity index (χ3v) is 3.03. The number of aromatic nitrogens is 1. The minimum Gasteiger partial charge on any atom is -0.497 e. The number of ether oxygens (including phenoxy) is 2. The normalized spacial score (nSPS) is 10.2. The summed E-state index contributed by atoms with van der Waals surface area (Å²) in [5.41, 5.74) is 1.51. The molecule has 0 bridgehead atoms. The second kappa shape index (κ2) is 7.43. The van der Waals surface area contributed by atoms with Crippen molar-refractivity contribution in [1.29, 1.82) is 0 Å². The molecule has 2 rings (SSSR count). The van der Waals surface area contributed by atoms with E-state index in [0.717, 1.165) is 17.7 Å². The van der Waals surface area contributed by atoms with Crippen molar-refractivity contribution in [2.45, 2.75) is 19.8 Å². The largest absolute Gasteiger partial charge is 0.497 e. The summed E-state index contributed by atoms with van der Waals surface area (Å²) in [4.78, 5) is 16.3. The van der Waals surface area contributed by atoms with Crippen LogP contribution >= 0.6 is 0 Å². The smallest absolute Gasteiger partial charge is 0.168 e. The van der Waals surface area contributed by atoms with E-state index in [0.29, 0.717) is 24.3 Å². The third kappa shape index (κ3) is 4.31. The van der Waals surface area contributed by atoms with Crippen LogP contribution in [0.3, 0.4) is 0 Å². The Balaban J connectivity index is 2.05. The summed E-state index contributed by atoms with van der Waals surface area (Å²) in [6, 6.07) is 9.22. The molecule has 0 saturated heterocycles. The highest BCUT2D eigenvalue weighted by molar-refractivity contribution is 5.97. The Labute approximate surface area is 124 Å². The number of carbonyl (C=O) groups excluding carboxylic acids is 1. The summed E-state index contributed by atoms with van der Waals surface area (Å²) < 4.78 is 10.6. The molecule has 1 aromatic heterocycles. The molecule has 21 heavy (non-hydrogen) atoms. The minimum atomic E-state index is 0.0228. The first-order valence-corrected chi connectivity index (χ1v) is 6.97. The van der Waals surface area contributed by atoms with E-state index in [-0.39, 0.29) is 5.78 Å². The van der Waals surface area contributed by atoms with Gasteiger partial charge in [-0.2, -0.15) is 0 Å². The van der Waals surface area contributed by atoms with Gasteiger partial charge in [-0.25, -0.2) is 0 Å². The Kier molecular flexibility index (Phi) is 5.32. The van der Waals surface area contributed by atoms with Crippen molar-refractivity contribution in [3.63, 3.8) is 0 Å². The number of rotatable bonds is 7. The van der Waals surface area contributed by atoms with Gasteiger partial charge < -0.3 is 9.47 Å². The third-order valence-electron chi connectivity index (χ3n) is 3.03. The van der Waals surface area contributed by atoms with Crippen LogP contribution in [0.5, 0.6) is 11.5 Å². The molecule has 0 saturated carbocycles. The van der Waals surface area contributed by atoms with Crippen molar-refractivity contribution >= 4 is 5.78 Å². The molecule has 0 radical (unpaired) electrons. The summed E-state index contributed by atoms with van der Waals surface area (Å²) in [5.74, 6) is 1.44. The monoisotopic (exact) mass is 285 g/mol. The molecular weight excluding hydrogens is 266 g/mol. The second-order valence-corrected chi connectivity index (χ2v) is 4.71. The lowest BCUT2D eigenvalue weighted by molar-refractivity contribution is 0.0992. The van der Waals surface area contributed by atoms with Crippen LogP contribution in [0.2, 0.25) is 0 Å². The number of hydrogen-bond acceptors (Lipinski definition) is 4. The SMILES string of the molecule is CCCOc1cncc(C(=O)Cc2ccc(OC)cc2)c1. The molecule has 0 N–H and O–H groups in total. The van der Waals surface area contributed by atoms with Gasteiger partial charge >= 0.3 is 0 Å². The van der Waals surface area contributed by atoms with E-state index in [1.54, 1.807) is 25.6 Å². The zero-order valence-electron chi connectivity index (χ0n) is 12.3. The van der Waals surface area contributed by atoms with Gasteiger partial charge in [-0.15, -0.1) is 0 Å². The molecule has 110 valence electrons. The first-order valence-electron chi connectivity index (χ1n) is 6.97. The molecule has 1 aromatic carbocycles. The van der Waals surface area contributed by atoms with Gasteiger partial charge in [0.25, 0.3) is 0 Å². The predicted molar refractivity (Wildman–Crippen MR) is 81.1 cm³/mol. The van der Waals surface area contributed by atoms with Crippen LogP contribution in [0.1, 0.15) is 29.3 Å². The Hall–Kier alpha value is -2.36. The van der Waals surface area contributed by atoms with E-state index in [1.165, 1.54) is 0 Å². The van der Waals surface area contributed by atoms with E-state index in [2.05, 4.69) is 4.98 Å². The molecule has 4 heteroatoms. The van der Waals surface area contributed by atoms with Crippen molar-refractivity contribution in [3.05, 3.63) is 53.9 Å². The molecule has 0 aliphatic heterocycles. The molecule has 0 aliphatic carbocycles. The topological polar surface area (TPSA) is 48.4 Å². The summed E-state index contributed by atoms with van der Waals surface area (Å²) in [6.07, 6.45) is 4.46. The lowest BCUT2D eigenvalue weighted by Gasteiger charge is -2.06. The standard InChI is InChI=1S/C17H19NO3/c1-3-8-21-16-10-14(11-18-12-16)17(19)9-13-4-6-15(20-2)7-5-13/h4-7,10-12H,3,8-9H2,1-2H3. The number of hydrogen-bond donors (Lipinski definition) is 0. The average molecular weight is 285 g/mol. The maximum Gasteiger partial charge on any atom is 0.168 e. The van der Waals surface area contributed by atoms with Gasteiger partial charge in [0.1, 0.15) is 11.5 Å². The van der Waals surface area contributed by atoms with Crippen LogP contribution in [0.15, 0.2) is 42.7 Å². The molecule has 0 spiro atoms. The quantitative estimate of drug-likeness (QED) is 0.732. The van der Waals surface area contributed by atoms with Crippen molar-refractivity contribution < 1.29 is 14.3 Å². The van der Waals surface area contributed by atoms with E-state index in [1.807, 2.05) is 31.2 Å².